The summed E-state index contributed by atoms with van der Waals surface area (Å²) in [6, 6.07) is 40.2. The third-order valence-electron chi connectivity index (χ3n) is 12.4. The fraction of sp³-hybridized carbons (Fsp3) is 0.222. The maximum atomic E-state index is 11.5. The predicted octanol–water partition coefficient (Wildman–Crippen LogP) is 12.4. The lowest BCUT2D eigenvalue weighted by Crippen LogP contribution is -2.37. The zero-order valence-corrected chi connectivity index (χ0v) is 42.7. The predicted molar refractivity (Wildman–Crippen MR) is 289 cm³/mol. The molecule has 69 heavy (non-hydrogen) atoms. The molecule has 0 aliphatic carbocycles. The number of anilines is 2. The number of benzene rings is 5. The number of para-hydroxylation sites is 2. The van der Waals surface area contributed by atoms with Gasteiger partial charge in [-0.05, 0) is 103 Å². The van der Waals surface area contributed by atoms with E-state index in [0.717, 1.165) is 76.8 Å². The Kier molecular flexibility index (Phi) is 14.5. The van der Waals surface area contributed by atoms with Gasteiger partial charge in [-0.1, -0.05) is 96.8 Å². The molecule has 0 spiro atoms. The van der Waals surface area contributed by atoms with Crippen LogP contribution in [-0.4, -0.2) is 50.5 Å². The van der Waals surface area contributed by atoms with Gasteiger partial charge in [-0.15, -0.1) is 11.3 Å². The molecule has 0 atom stereocenters. The molecule has 354 valence electrons. The largest absolute Gasteiger partial charge is 0.341 e. The first kappa shape index (κ1) is 48.4. The average molecular weight is 1020 g/mol. The van der Waals surface area contributed by atoms with Gasteiger partial charge < -0.3 is 9.80 Å². The molecule has 2 N–H and O–H groups in total. The van der Waals surface area contributed by atoms with Crippen molar-refractivity contribution >= 4 is 126 Å². The number of thioether (sulfide) groups is 1. The quantitative estimate of drug-likeness (QED) is 0.0810. The minimum Gasteiger partial charge on any atom is -0.341 e. The highest BCUT2D eigenvalue weighted by molar-refractivity contribution is 8.03. The molecule has 0 radical (unpaired) electrons. The molecule has 8 aromatic rings. The highest BCUT2D eigenvalue weighted by atomic mass is 32.2. The molecule has 5 heterocycles. The van der Waals surface area contributed by atoms with Crippen molar-refractivity contribution < 1.29 is 35.1 Å². The molecule has 2 aliphatic heterocycles. The van der Waals surface area contributed by atoms with Gasteiger partial charge in [0.05, 0.1) is 27.6 Å². The number of aryl methyl sites for hydroxylation is 2. The first-order valence-corrected chi connectivity index (χ1v) is 28.9. The van der Waals surface area contributed by atoms with E-state index in [4.69, 9.17) is 0 Å². The fourth-order valence-electron chi connectivity index (χ4n) is 9.22. The van der Waals surface area contributed by atoms with Gasteiger partial charge in [0.15, 0.2) is 6.54 Å². The van der Waals surface area contributed by atoms with Crippen LogP contribution in [0.4, 0.5) is 11.4 Å². The first-order chi connectivity index (χ1) is 33.3. The Labute approximate surface area is 416 Å². The van der Waals surface area contributed by atoms with Crippen molar-refractivity contribution in [2.75, 3.05) is 34.4 Å². The highest BCUT2D eigenvalue weighted by Crippen LogP contribution is 2.50. The molecule has 15 heteroatoms. The maximum absolute atomic E-state index is 11.5. The van der Waals surface area contributed by atoms with E-state index in [1.807, 2.05) is 12.1 Å². The van der Waals surface area contributed by atoms with Crippen LogP contribution in [0.25, 0.3) is 60.2 Å². The van der Waals surface area contributed by atoms with Crippen LogP contribution in [0.1, 0.15) is 56.3 Å². The normalized spacial score (nSPS) is 15.2. The Hall–Kier alpha value is -5.65. The number of thiazole rings is 1. The van der Waals surface area contributed by atoms with Crippen molar-refractivity contribution in [3.63, 3.8) is 0 Å². The molecule has 10 nitrogen and oxygen atoms in total. The second-order valence-electron chi connectivity index (χ2n) is 16.8. The number of hydrogen-bond donors (Lipinski definition) is 2. The van der Waals surface area contributed by atoms with Crippen molar-refractivity contribution in [2.45, 2.75) is 58.0 Å². The zero-order chi connectivity index (χ0) is 48.3. The molecular weight excluding hydrogens is 961 g/mol. The molecule has 5 aromatic carbocycles. The van der Waals surface area contributed by atoms with Crippen LogP contribution in [0.3, 0.4) is 0 Å². The van der Waals surface area contributed by atoms with Gasteiger partial charge >= 0.3 is 0 Å². The van der Waals surface area contributed by atoms with Crippen LogP contribution in [0.5, 0.6) is 0 Å². The van der Waals surface area contributed by atoms with Gasteiger partial charge in [-0.2, -0.15) is 26.0 Å². The summed E-state index contributed by atoms with van der Waals surface area (Å²) in [5.41, 5.74) is 9.46. The summed E-state index contributed by atoms with van der Waals surface area (Å²) in [6.45, 7) is 9.25. The third kappa shape index (κ3) is 10.7. The molecule has 10 rings (SSSR count). The maximum Gasteiger partial charge on any atom is 0.265 e. The summed E-state index contributed by atoms with van der Waals surface area (Å²) in [7, 11) is -8.16. The summed E-state index contributed by atoms with van der Waals surface area (Å²) >= 11 is 4.94. The van der Waals surface area contributed by atoms with Crippen molar-refractivity contribution in [1.29, 1.82) is 0 Å². The lowest BCUT2D eigenvalue weighted by molar-refractivity contribution is -0.669. The van der Waals surface area contributed by atoms with Crippen LogP contribution >= 0.6 is 34.4 Å². The van der Waals surface area contributed by atoms with Crippen molar-refractivity contribution in [1.82, 2.24) is 0 Å². The molecule has 3 aromatic heterocycles. The van der Waals surface area contributed by atoms with E-state index in [1.165, 1.54) is 33.5 Å². The van der Waals surface area contributed by atoms with Crippen LogP contribution in [-0.2, 0) is 33.3 Å². The monoisotopic (exact) mass is 1010 g/mol. The minimum absolute atomic E-state index is 0.269. The van der Waals surface area contributed by atoms with Gasteiger partial charge in [0.2, 0.25) is 16.7 Å². The lowest BCUT2D eigenvalue weighted by atomic mass is 10.0. The summed E-state index contributed by atoms with van der Waals surface area (Å²) in [5, 5.41) is 8.57. The Morgan fingerprint density at radius 2 is 1.43 bits per heavy atom. The van der Waals surface area contributed by atoms with Gasteiger partial charge in [0.25, 0.3) is 25.2 Å². The van der Waals surface area contributed by atoms with Gasteiger partial charge in [-0.3, -0.25) is 9.11 Å². The number of likely N-dealkylation sites (N-methyl/N-ethyl adjacent to an activating group) is 1. The third-order valence-corrected chi connectivity index (χ3v) is 17.1. The van der Waals surface area contributed by atoms with Crippen molar-refractivity contribution in [3.05, 3.63) is 165 Å². The lowest BCUT2D eigenvalue weighted by Gasteiger charge is -2.29. The fourth-order valence-corrected chi connectivity index (χ4v) is 13.4. The number of hydrogen-bond acceptors (Lipinski definition) is 9. The number of thiophene rings is 1. The molecule has 0 amide bonds. The van der Waals surface area contributed by atoms with E-state index in [-0.39, 0.29) is 24.3 Å². The molecule has 0 bridgehead atoms. The summed E-state index contributed by atoms with van der Waals surface area (Å²) < 4.78 is 71.6. The van der Waals surface area contributed by atoms with E-state index < -0.39 is 20.2 Å². The second-order valence-corrected chi connectivity index (χ2v) is 23.0. The van der Waals surface area contributed by atoms with Crippen LogP contribution < -0.4 is 18.9 Å². The van der Waals surface area contributed by atoms with Gasteiger partial charge in [0.1, 0.15) is 11.2 Å². The van der Waals surface area contributed by atoms with Gasteiger partial charge in [0, 0.05) is 75.5 Å². The van der Waals surface area contributed by atoms with E-state index in [9.17, 15) is 25.9 Å². The van der Waals surface area contributed by atoms with E-state index in [2.05, 4.69) is 179 Å². The Morgan fingerprint density at radius 3 is 2.22 bits per heavy atom. The second kappa shape index (κ2) is 20.7. The smallest absolute Gasteiger partial charge is 0.265 e. The minimum atomic E-state index is -4.09. The number of aromatic nitrogens is 2. The number of allylic oxidation sites excluding steroid dienone is 3. The first-order valence-electron chi connectivity index (χ1n) is 23.1. The van der Waals surface area contributed by atoms with E-state index in [0.29, 0.717) is 13.1 Å². The van der Waals surface area contributed by atoms with Gasteiger partial charge in [-0.25, -0.2) is 0 Å². The van der Waals surface area contributed by atoms with Crippen LogP contribution in [0, 0.1) is 0 Å². The standard InChI is InChI=1S/C31H30N2O6S5.C23H23N2/c1-2-21(20-29-33(15-6-18-44(37,38)39)31-24-13-16-40-25(24)11-12-27(31)42-29)19-28-32(14-5-17-43(34,35)36)30-23-8-4-3-7-22(23)9-10-26(30)41-28;1-3-24-20(15-13-18-9-5-7-11-22(18)24)17-21-16-14-19-10-6-8-12-23(19)25(21)4-2/h3-4,7-13,16,19-20H,2,5-6,14-15,17-18H2,1H3,(H-,34,35,36,37,38,39);5-17H,3-4H2,1-2H3/q;+1/p+1. The summed E-state index contributed by atoms with van der Waals surface area (Å²) in [4.78, 5) is 5.61. The highest BCUT2D eigenvalue weighted by Gasteiger charge is 2.29. The molecule has 0 fully saturated rings. The Bertz CT molecular complexity index is 3590. The average Bonchev–Trinajstić information content (AvgIpc) is 4.06. The summed E-state index contributed by atoms with van der Waals surface area (Å²) in [6.07, 6.45) is 12.3. The molecule has 0 unspecified atom stereocenters. The summed E-state index contributed by atoms with van der Waals surface area (Å²) in [5.74, 6) is -0.632. The molecule has 2 aliphatic rings. The van der Waals surface area contributed by atoms with Crippen molar-refractivity contribution in [3.8, 4) is 0 Å². The van der Waals surface area contributed by atoms with Crippen LogP contribution in [0.15, 0.2) is 154 Å². The zero-order valence-electron chi connectivity index (χ0n) is 38.7. The Balaban J connectivity index is 0.000000200. The molecular formula is C54H54N4O6S5+2. The Morgan fingerprint density at radius 1 is 0.710 bits per heavy atom. The van der Waals surface area contributed by atoms with Crippen LogP contribution in [0.2, 0.25) is 0 Å². The number of rotatable bonds is 14. The number of nitrogens with zero attached hydrogens (tertiary/aromatic N) is 4. The van der Waals surface area contributed by atoms with E-state index in [1.54, 1.807) is 34.4 Å². The molecule has 0 saturated heterocycles. The van der Waals surface area contributed by atoms with E-state index >= 15 is 0 Å². The topological polar surface area (TPSA) is 123 Å². The number of fused-ring (bicyclic) bond motifs is 8. The molecule has 0 saturated carbocycles. The number of pyridine rings is 1. The van der Waals surface area contributed by atoms with Crippen molar-refractivity contribution in [2.24, 2.45) is 0 Å². The SMILES string of the molecule is CCC(/C=C1\Sc2ccc3ccccc3c2N1CCCS(=O)(=O)O)=C\c1sc2ccc3sccc3c2[n+]1CCCS(=O)(=O)O.CCN1/C(=C/c2ccc3ccccc3[n+]2CC)C=Cc2ccccc21.